The third kappa shape index (κ3) is 3.20. The highest BCUT2D eigenvalue weighted by molar-refractivity contribution is 7.16. The van der Waals surface area contributed by atoms with E-state index in [0.29, 0.717) is 5.76 Å². The standard InChI is InChI=1S/C13H15ClN2O3S/c1-3-6-15-12(10-7-8(2)13(14)20-10)9-4-5-11(19-9)16(17)18/h4-5,7,12,15H,3,6H2,1-2H3. The Kier molecular flexibility index (Phi) is 4.80. The third-order valence-corrected chi connectivity index (χ3v) is 4.46. The highest BCUT2D eigenvalue weighted by Gasteiger charge is 2.23. The first kappa shape index (κ1) is 15.0. The maximum atomic E-state index is 10.7. The summed E-state index contributed by atoms with van der Waals surface area (Å²) in [5.74, 6) is 0.283. The van der Waals surface area contributed by atoms with Crippen LogP contribution in [-0.2, 0) is 0 Å². The fourth-order valence-corrected chi connectivity index (χ4v) is 3.15. The number of rotatable bonds is 6. The summed E-state index contributed by atoms with van der Waals surface area (Å²) in [6.45, 7) is 4.78. The first-order chi connectivity index (χ1) is 9.52. The number of nitrogens with zero attached hydrogens (tertiary/aromatic N) is 1. The van der Waals surface area contributed by atoms with E-state index < -0.39 is 4.92 Å². The summed E-state index contributed by atoms with van der Waals surface area (Å²) in [5.41, 5.74) is 0.996. The lowest BCUT2D eigenvalue weighted by Gasteiger charge is -2.14. The van der Waals surface area contributed by atoms with E-state index in [1.807, 2.05) is 13.0 Å². The van der Waals surface area contributed by atoms with Crippen molar-refractivity contribution in [3.8, 4) is 0 Å². The second-order valence-electron chi connectivity index (χ2n) is 4.43. The van der Waals surface area contributed by atoms with Gasteiger partial charge in [0.05, 0.1) is 10.4 Å². The molecular formula is C13H15ClN2O3S. The Morgan fingerprint density at radius 1 is 1.55 bits per heavy atom. The van der Waals surface area contributed by atoms with Crippen LogP contribution in [0.1, 0.15) is 35.6 Å². The molecule has 0 bridgehead atoms. The van der Waals surface area contributed by atoms with Gasteiger partial charge in [-0.3, -0.25) is 10.1 Å². The molecule has 2 rings (SSSR count). The van der Waals surface area contributed by atoms with Gasteiger partial charge in [0.25, 0.3) is 0 Å². The van der Waals surface area contributed by atoms with E-state index in [4.69, 9.17) is 16.0 Å². The second kappa shape index (κ2) is 6.39. The lowest BCUT2D eigenvalue weighted by molar-refractivity contribution is -0.402. The molecule has 2 heterocycles. The molecular weight excluding hydrogens is 300 g/mol. The van der Waals surface area contributed by atoms with E-state index in [9.17, 15) is 10.1 Å². The fraction of sp³-hybridized carbons (Fsp3) is 0.385. The van der Waals surface area contributed by atoms with Crippen LogP contribution >= 0.6 is 22.9 Å². The zero-order valence-electron chi connectivity index (χ0n) is 11.2. The molecule has 1 N–H and O–H groups in total. The molecule has 0 aliphatic rings. The number of furan rings is 1. The van der Waals surface area contributed by atoms with Crippen molar-refractivity contribution in [3.63, 3.8) is 0 Å². The normalized spacial score (nSPS) is 12.6. The quantitative estimate of drug-likeness (QED) is 0.637. The average molecular weight is 315 g/mol. The highest BCUT2D eigenvalue weighted by Crippen LogP contribution is 2.35. The molecule has 0 aliphatic heterocycles. The van der Waals surface area contributed by atoms with Crippen LogP contribution in [0.2, 0.25) is 4.34 Å². The minimum Gasteiger partial charge on any atom is -0.404 e. The van der Waals surface area contributed by atoms with E-state index in [1.165, 1.54) is 17.4 Å². The summed E-state index contributed by atoms with van der Waals surface area (Å²) in [6, 6.07) is 4.78. The molecule has 0 aromatic carbocycles. The number of nitrogens with one attached hydrogen (secondary N) is 1. The molecule has 5 nitrogen and oxygen atoms in total. The van der Waals surface area contributed by atoms with Crippen LogP contribution in [0.4, 0.5) is 5.88 Å². The summed E-state index contributed by atoms with van der Waals surface area (Å²) in [5, 5.41) is 14.0. The SMILES string of the molecule is CCCNC(c1ccc([N+](=O)[O-])o1)c1cc(C)c(Cl)s1. The number of nitro groups is 1. The molecule has 0 aliphatic carbocycles. The molecule has 2 aromatic rings. The molecule has 0 radical (unpaired) electrons. The van der Waals surface area contributed by atoms with Gasteiger partial charge >= 0.3 is 5.88 Å². The Balaban J connectivity index is 2.33. The third-order valence-electron chi connectivity index (χ3n) is 2.84. The molecule has 7 heteroatoms. The van der Waals surface area contributed by atoms with Gasteiger partial charge in [-0.05, 0) is 37.6 Å². The molecule has 0 saturated heterocycles. The van der Waals surface area contributed by atoms with Crippen molar-refractivity contribution in [3.05, 3.63) is 48.9 Å². The summed E-state index contributed by atoms with van der Waals surface area (Å²) < 4.78 is 6.04. The summed E-state index contributed by atoms with van der Waals surface area (Å²) in [4.78, 5) is 11.2. The van der Waals surface area contributed by atoms with Gasteiger partial charge in [0, 0.05) is 4.88 Å². The number of hydrogen-bond donors (Lipinski definition) is 1. The van der Waals surface area contributed by atoms with Gasteiger partial charge in [0.2, 0.25) is 0 Å². The summed E-state index contributed by atoms with van der Waals surface area (Å²) >= 11 is 7.56. The smallest absolute Gasteiger partial charge is 0.404 e. The predicted molar refractivity (Wildman–Crippen MR) is 79.6 cm³/mol. The van der Waals surface area contributed by atoms with Crippen LogP contribution in [0.25, 0.3) is 0 Å². The minimum atomic E-state index is -0.535. The van der Waals surface area contributed by atoms with Gasteiger partial charge in [-0.15, -0.1) is 11.3 Å². The van der Waals surface area contributed by atoms with E-state index in [-0.39, 0.29) is 11.9 Å². The zero-order valence-corrected chi connectivity index (χ0v) is 12.8. The lowest BCUT2D eigenvalue weighted by Crippen LogP contribution is -2.21. The Bertz CT molecular complexity index is 589. The Morgan fingerprint density at radius 3 is 2.80 bits per heavy atom. The Morgan fingerprint density at radius 2 is 2.30 bits per heavy atom. The van der Waals surface area contributed by atoms with Crippen LogP contribution in [-0.4, -0.2) is 11.5 Å². The largest absolute Gasteiger partial charge is 0.433 e. The van der Waals surface area contributed by atoms with Crippen molar-refractivity contribution >= 4 is 28.8 Å². The van der Waals surface area contributed by atoms with Crippen molar-refractivity contribution in [1.82, 2.24) is 5.32 Å². The topological polar surface area (TPSA) is 68.3 Å². The van der Waals surface area contributed by atoms with E-state index in [2.05, 4.69) is 12.2 Å². The number of halogens is 1. The molecule has 108 valence electrons. The van der Waals surface area contributed by atoms with Crippen LogP contribution < -0.4 is 5.32 Å². The maximum absolute atomic E-state index is 10.7. The predicted octanol–water partition coefficient (Wildman–Crippen LogP) is 4.30. The van der Waals surface area contributed by atoms with Crippen molar-refractivity contribution < 1.29 is 9.34 Å². The lowest BCUT2D eigenvalue weighted by atomic mass is 10.1. The number of thiophene rings is 1. The van der Waals surface area contributed by atoms with Crippen molar-refractivity contribution in [2.24, 2.45) is 0 Å². The van der Waals surface area contributed by atoms with Gasteiger partial charge in [-0.1, -0.05) is 18.5 Å². The fourth-order valence-electron chi connectivity index (χ4n) is 1.85. The number of hydrogen-bond acceptors (Lipinski definition) is 5. The van der Waals surface area contributed by atoms with Crippen LogP contribution in [0, 0.1) is 17.0 Å². The Labute approximate surface area is 125 Å². The van der Waals surface area contributed by atoms with E-state index in [0.717, 1.165) is 27.7 Å². The van der Waals surface area contributed by atoms with Crippen molar-refractivity contribution in [2.75, 3.05) is 6.54 Å². The van der Waals surface area contributed by atoms with Gasteiger partial charge in [-0.25, -0.2) is 0 Å². The van der Waals surface area contributed by atoms with Crippen LogP contribution in [0.5, 0.6) is 0 Å². The minimum absolute atomic E-state index is 0.208. The molecule has 2 aromatic heterocycles. The van der Waals surface area contributed by atoms with Gasteiger partial charge in [-0.2, -0.15) is 0 Å². The van der Waals surface area contributed by atoms with Gasteiger partial charge < -0.3 is 9.73 Å². The average Bonchev–Trinajstić information content (AvgIpc) is 2.99. The molecule has 0 spiro atoms. The Hall–Kier alpha value is -1.37. The second-order valence-corrected chi connectivity index (χ2v) is 6.11. The highest BCUT2D eigenvalue weighted by atomic mass is 35.5. The molecule has 1 atom stereocenters. The summed E-state index contributed by atoms with van der Waals surface area (Å²) in [7, 11) is 0. The van der Waals surface area contributed by atoms with Crippen LogP contribution in [0.3, 0.4) is 0 Å². The van der Waals surface area contributed by atoms with Crippen molar-refractivity contribution in [2.45, 2.75) is 26.3 Å². The van der Waals surface area contributed by atoms with Gasteiger partial charge in [0.15, 0.2) is 0 Å². The van der Waals surface area contributed by atoms with E-state index >= 15 is 0 Å². The molecule has 0 saturated carbocycles. The molecule has 0 amide bonds. The number of aryl methyl sites for hydroxylation is 1. The maximum Gasteiger partial charge on any atom is 0.433 e. The monoisotopic (exact) mass is 314 g/mol. The van der Waals surface area contributed by atoms with Crippen molar-refractivity contribution in [1.29, 1.82) is 0 Å². The summed E-state index contributed by atoms with van der Waals surface area (Å²) in [6.07, 6.45) is 0.956. The van der Waals surface area contributed by atoms with E-state index in [1.54, 1.807) is 6.07 Å². The van der Waals surface area contributed by atoms with Crippen LogP contribution in [0.15, 0.2) is 22.6 Å². The first-order valence-electron chi connectivity index (χ1n) is 6.26. The zero-order chi connectivity index (χ0) is 14.7. The molecule has 0 fully saturated rings. The molecule has 20 heavy (non-hydrogen) atoms. The van der Waals surface area contributed by atoms with Gasteiger partial charge in [0.1, 0.15) is 16.7 Å². The molecule has 1 unspecified atom stereocenters. The first-order valence-corrected chi connectivity index (χ1v) is 7.45.